The number of halogens is 3. The molecule has 3 aromatic carbocycles. The van der Waals surface area contributed by atoms with E-state index in [4.69, 9.17) is 19.4 Å². The molecular formula is C32H31F3N2O12. The number of hydrogen-bond donors (Lipinski definition) is 7. The van der Waals surface area contributed by atoms with Crippen molar-refractivity contribution in [1.82, 2.24) is 10.6 Å². The smallest absolute Gasteiger partial charge is 0.490 e. The number of benzene rings is 3. The lowest BCUT2D eigenvalue weighted by Gasteiger charge is -2.21. The van der Waals surface area contributed by atoms with Gasteiger partial charge in [0.25, 0.3) is 5.91 Å². The zero-order chi connectivity index (χ0) is 36.5. The summed E-state index contributed by atoms with van der Waals surface area (Å²) in [6.45, 7) is 2.52. The Hall–Kier alpha value is -5.84. The molecule has 0 bridgehead atoms. The van der Waals surface area contributed by atoms with E-state index in [1.807, 2.05) is 6.92 Å². The molecule has 0 aromatic heterocycles. The van der Waals surface area contributed by atoms with Crippen LogP contribution in [0.15, 0.2) is 54.6 Å². The SMILES string of the molecule is CCCCOC(=O)c1cccc(O)c1C(=O)c1c(O)cc(C(=O)O[C@H]2CNC[C@@H]2NC(=O)c2ccc(O)cc2)cc1O.O=C(O)C(F)(F)F. The number of carboxylic acid groups (broad SMARTS) is 1. The van der Waals surface area contributed by atoms with Crippen LogP contribution in [0.2, 0.25) is 0 Å². The molecule has 49 heavy (non-hydrogen) atoms. The van der Waals surface area contributed by atoms with Crippen LogP contribution in [-0.2, 0) is 14.3 Å². The first kappa shape index (κ1) is 37.6. The van der Waals surface area contributed by atoms with Crippen molar-refractivity contribution in [2.75, 3.05) is 19.7 Å². The number of carbonyl (C=O) groups is 5. The number of ketones is 1. The Kier molecular flexibility index (Phi) is 12.5. The molecule has 3 aromatic rings. The summed E-state index contributed by atoms with van der Waals surface area (Å²) in [5, 5.41) is 54.0. The van der Waals surface area contributed by atoms with Crippen molar-refractivity contribution in [3.63, 3.8) is 0 Å². The minimum Gasteiger partial charge on any atom is -0.508 e. The Morgan fingerprint density at radius 1 is 0.857 bits per heavy atom. The van der Waals surface area contributed by atoms with Gasteiger partial charge in [0.05, 0.1) is 29.3 Å². The maximum atomic E-state index is 13.3. The average molecular weight is 693 g/mol. The molecule has 14 nitrogen and oxygen atoms in total. The highest BCUT2D eigenvalue weighted by Crippen LogP contribution is 2.35. The lowest BCUT2D eigenvalue weighted by atomic mass is 9.95. The maximum Gasteiger partial charge on any atom is 0.490 e. The fourth-order valence-corrected chi connectivity index (χ4v) is 4.42. The Balaban J connectivity index is 0.000000838. The number of nitrogens with one attached hydrogen (secondary N) is 2. The number of amides is 1. The third kappa shape index (κ3) is 9.83. The number of carboxylic acids is 1. The van der Waals surface area contributed by atoms with Crippen molar-refractivity contribution in [1.29, 1.82) is 0 Å². The van der Waals surface area contributed by atoms with E-state index >= 15 is 0 Å². The largest absolute Gasteiger partial charge is 0.508 e. The lowest BCUT2D eigenvalue weighted by molar-refractivity contribution is -0.192. The monoisotopic (exact) mass is 692 g/mol. The second kappa shape index (κ2) is 16.3. The molecule has 1 amide bonds. The van der Waals surface area contributed by atoms with Crippen LogP contribution in [0.3, 0.4) is 0 Å². The molecule has 7 N–H and O–H groups in total. The molecule has 1 aliphatic heterocycles. The highest BCUT2D eigenvalue weighted by molar-refractivity contribution is 6.18. The predicted molar refractivity (Wildman–Crippen MR) is 162 cm³/mol. The van der Waals surface area contributed by atoms with Crippen LogP contribution in [0, 0.1) is 0 Å². The average Bonchev–Trinajstić information content (AvgIpc) is 3.46. The number of phenolic OH excluding ortho intramolecular Hbond substituents is 4. The molecule has 0 unspecified atom stereocenters. The van der Waals surface area contributed by atoms with Gasteiger partial charge in [0, 0.05) is 18.7 Å². The van der Waals surface area contributed by atoms with Crippen molar-refractivity contribution < 1.29 is 72.2 Å². The van der Waals surface area contributed by atoms with Crippen molar-refractivity contribution in [2.45, 2.75) is 38.1 Å². The number of unbranched alkanes of at least 4 members (excludes halogenated alkanes) is 1. The molecule has 0 aliphatic carbocycles. The molecule has 0 saturated carbocycles. The Labute approximate surface area is 275 Å². The van der Waals surface area contributed by atoms with Gasteiger partial charge in [-0.15, -0.1) is 0 Å². The summed E-state index contributed by atoms with van der Waals surface area (Å²) in [5.74, 6) is -8.22. The molecule has 1 heterocycles. The standard InChI is InChI=1S/C30H30N2O10.C2HF3O2/c1-2-3-11-41-30(40)19-5-4-6-21(34)25(19)27(37)26-22(35)12-17(13-23(26)36)29(39)42-24-15-31-14-20(24)32-28(38)16-7-9-18(33)10-8-16;3-2(4,5)1(6)7/h4-10,12-13,20,24,31,33-36H,2-3,11,14-15H2,1H3,(H,32,38);(H,6,7)/t20-,24-;/m0./s1. The Bertz CT molecular complexity index is 1690. The number of esters is 2. The Morgan fingerprint density at radius 2 is 1.47 bits per heavy atom. The summed E-state index contributed by atoms with van der Waals surface area (Å²) in [4.78, 5) is 60.3. The zero-order valence-electron chi connectivity index (χ0n) is 25.6. The van der Waals surface area contributed by atoms with E-state index in [0.717, 1.165) is 18.6 Å². The third-order valence-electron chi connectivity index (χ3n) is 6.89. The maximum absolute atomic E-state index is 13.3. The number of phenols is 4. The quantitative estimate of drug-likeness (QED) is 0.0921. The fraction of sp³-hybridized carbons (Fsp3) is 0.281. The fourth-order valence-electron chi connectivity index (χ4n) is 4.42. The van der Waals surface area contributed by atoms with E-state index in [2.05, 4.69) is 10.6 Å². The van der Waals surface area contributed by atoms with Crippen LogP contribution >= 0.6 is 0 Å². The van der Waals surface area contributed by atoms with E-state index in [9.17, 15) is 52.8 Å². The van der Waals surface area contributed by atoms with Crippen LogP contribution in [0.1, 0.15) is 66.8 Å². The van der Waals surface area contributed by atoms with Gasteiger partial charge in [-0.25, -0.2) is 14.4 Å². The van der Waals surface area contributed by atoms with Crippen molar-refractivity contribution in [2.24, 2.45) is 0 Å². The highest BCUT2D eigenvalue weighted by Gasteiger charge is 2.38. The number of rotatable bonds is 10. The molecule has 0 radical (unpaired) electrons. The summed E-state index contributed by atoms with van der Waals surface area (Å²) >= 11 is 0. The predicted octanol–water partition coefficient (Wildman–Crippen LogP) is 3.26. The number of aliphatic carboxylic acids is 1. The number of aromatic hydroxyl groups is 4. The van der Waals surface area contributed by atoms with E-state index in [1.165, 1.54) is 42.5 Å². The van der Waals surface area contributed by atoms with Crippen LogP contribution in [-0.4, -0.2) is 93.1 Å². The third-order valence-corrected chi connectivity index (χ3v) is 6.89. The van der Waals surface area contributed by atoms with Crippen LogP contribution < -0.4 is 10.6 Å². The second-order valence-corrected chi connectivity index (χ2v) is 10.4. The molecule has 262 valence electrons. The van der Waals surface area contributed by atoms with Gasteiger partial charge in [0.15, 0.2) is 0 Å². The highest BCUT2D eigenvalue weighted by atomic mass is 19.4. The van der Waals surface area contributed by atoms with Gasteiger partial charge in [0.2, 0.25) is 5.78 Å². The summed E-state index contributed by atoms with van der Waals surface area (Å²) in [6.07, 6.45) is -4.52. The molecule has 17 heteroatoms. The summed E-state index contributed by atoms with van der Waals surface area (Å²) in [5.41, 5.74) is -1.37. The molecular weight excluding hydrogens is 661 g/mol. The van der Waals surface area contributed by atoms with Crippen LogP contribution in [0.5, 0.6) is 23.0 Å². The molecule has 1 aliphatic rings. The van der Waals surface area contributed by atoms with Gasteiger partial charge in [-0.2, -0.15) is 13.2 Å². The van der Waals surface area contributed by atoms with Gasteiger partial charge >= 0.3 is 24.1 Å². The topological polar surface area (TPSA) is 229 Å². The summed E-state index contributed by atoms with van der Waals surface area (Å²) in [7, 11) is 0. The van der Waals surface area contributed by atoms with E-state index < -0.39 is 76.3 Å². The van der Waals surface area contributed by atoms with Gasteiger partial charge in [-0.3, -0.25) is 9.59 Å². The normalized spacial score (nSPS) is 15.3. The Morgan fingerprint density at radius 3 is 2.04 bits per heavy atom. The number of ether oxygens (including phenoxy) is 2. The summed E-state index contributed by atoms with van der Waals surface area (Å²) < 4.78 is 42.4. The molecule has 0 spiro atoms. The molecule has 4 rings (SSSR count). The zero-order valence-corrected chi connectivity index (χ0v) is 25.6. The van der Waals surface area contributed by atoms with E-state index in [-0.39, 0.29) is 30.0 Å². The van der Waals surface area contributed by atoms with Crippen molar-refractivity contribution in [3.8, 4) is 23.0 Å². The number of hydrogen-bond acceptors (Lipinski definition) is 12. The van der Waals surface area contributed by atoms with Crippen LogP contribution in [0.4, 0.5) is 13.2 Å². The van der Waals surface area contributed by atoms with E-state index in [1.54, 1.807) is 0 Å². The van der Waals surface area contributed by atoms with Gasteiger partial charge < -0.3 is 45.6 Å². The first-order valence-electron chi connectivity index (χ1n) is 14.5. The molecule has 1 fully saturated rings. The van der Waals surface area contributed by atoms with Gasteiger partial charge in [-0.05, 0) is 55.0 Å². The lowest BCUT2D eigenvalue weighted by Crippen LogP contribution is -2.44. The second-order valence-electron chi connectivity index (χ2n) is 10.4. The minimum atomic E-state index is -5.08. The van der Waals surface area contributed by atoms with Gasteiger partial charge in [-0.1, -0.05) is 19.4 Å². The van der Waals surface area contributed by atoms with E-state index in [0.29, 0.717) is 18.5 Å². The summed E-state index contributed by atoms with van der Waals surface area (Å²) in [6, 6.07) is 10.6. The van der Waals surface area contributed by atoms with Gasteiger partial charge in [0.1, 0.15) is 34.7 Å². The van der Waals surface area contributed by atoms with Crippen LogP contribution in [0.25, 0.3) is 0 Å². The molecule has 1 saturated heterocycles. The molecule has 2 atom stereocenters. The van der Waals surface area contributed by atoms with Crippen molar-refractivity contribution in [3.05, 3.63) is 82.4 Å². The number of alkyl halides is 3. The van der Waals surface area contributed by atoms with Crippen molar-refractivity contribution >= 4 is 29.6 Å². The minimum absolute atomic E-state index is 0.00559. The number of carbonyl (C=O) groups excluding carboxylic acids is 4. The first-order chi connectivity index (χ1) is 23.0. The first-order valence-corrected chi connectivity index (χ1v) is 14.5.